The van der Waals surface area contributed by atoms with E-state index < -0.39 is 15.1 Å². The number of aryl methyl sites for hydroxylation is 1. The number of hydrogen-bond donors (Lipinski definition) is 0. The average Bonchev–Trinajstić information content (AvgIpc) is 2.68. The van der Waals surface area contributed by atoms with Crippen LogP contribution >= 0.6 is 15.9 Å². The molecular weight excluding hydrogens is 414 g/mol. The van der Waals surface area contributed by atoms with Gasteiger partial charge in [0.25, 0.3) is 0 Å². The molecule has 0 atom stereocenters. The Morgan fingerprint density at radius 1 is 1.00 bits per heavy atom. The van der Waals surface area contributed by atoms with Crippen LogP contribution in [0.5, 0.6) is 0 Å². The van der Waals surface area contributed by atoms with Crippen LogP contribution in [-0.2, 0) is 21.1 Å². The SMILES string of the molecule is O=C(CCc1ccccc1Br)N1CCC(S(=O)(=O)c2ccccc2)CC1. The van der Waals surface area contributed by atoms with Gasteiger partial charge in [0, 0.05) is 24.0 Å². The third kappa shape index (κ3) is 4.35. The van der Waals surface area contributed by atoms with Crippen molar-refractivity contribution in [2.75, 3.05) is 13.1 Å². The molecule has 0 aliphatic carbocycles. The zero-order valence-corrected chi connectivity index (χ0v) is 16.9. The number of halogens is 1. The first-order chi connectivity index (χ1) is 12.5. The van der Waals surface area contributed by atoms with Gasteiger partial charge >= 0.3 is 0 Å². The minimum Gasteiger partial charge on any atom is -0.343 e. The number of sulfone groups is 1. The van der Waals surface area contributed by atoms with Gasteiger partial charge in [0.1, 0.15) is 0 Å². The van der Waals surface area contributed by atoms with Crippen LogP contribution in [0.25, 0.3) is 0 Å². The van der Waals surface area contributed by atoms with E-state index >= 15 is 0 Å². The fourth-order valence-electron chi connectivity index (χ4n) is 3.32. The van der Waals surface area contributed by atoms with Gasteiger partial charge in [-0.05, 0) is 43.0 Å². The molecule has 26 heavy (non-hydrogen) atoms. The Kier molecular flexibility index (Phi) is 6.14. The van der Waals surface area contributed by atoms with E-state index in [1.54, 1.807) is 29.2 Å². The Labute approximate surface area is 163 Å². The summed E-state index contributed by atoms with van der Waals surface area (Å²) in [5.41, 5.74) is 1.11. The second-order valence-electron chi connectivity index (χ2n) is 6.53. The molecule has 1 heterocycles. The number of piperidine rings is 1. The van der Waals surface area contributed by atoms with Gasteiger partial charge in [0.05, 0.1) is 10.1 Å². The van der Waals surface area contributed by atoms with Gasteiger partial charge in [-0.1, -0.05) is 52.3 Å². The van der Waals surface area contributed by atoms with E-state index in [4.69, 9.17) is 0 Å². The summed E-state index contributed by atoms with van der Waals surface area (Å²) in [4.78, 5) is 14.6. The van der Waals surface area contributed by atoms with Crippen LogP contribution in [0.15, 0.2) is 64.0 Å². The van der Waals surface area contributed by atoms with E-state index in [0.717, 1.165) is 10.0 Å². The molecule has 6 heteroatoms. The largest absolute Gasteiger partial charge is 0.343 e. The number of likely N-dealkylation sites (tertiary alicyclic amines) is 1. The summed E-state index contributed by atoms with van der Waals surface area (Å²) in [5, 5.41) is -0.405. The molecule has 1 fully saturated rings. The highest BCUT2D eigenvalue weighted by Gasteiger charge is 2.32. The third-order valence-electron chi connectivity index (χ3n) is 4.87. The normalized spacial score (nSPS) is 15.8. The lowest BCUT2D eigenvalue weighted by Gasteiger charge is -2.32. The molecule has 0 unspecified atom stereocenters. The van der Waals surface area contributed by atoms with Crippen LogP contribution in [0.1, 0.15) is 24.8 Å². The molecule has 138 valence electrons. The lowest BCUT2D eigenvalue weighted by Crippen LogP contribution is -2.42. The molecule has 0 aromatic heterocycles. The fourth-order valence-corrected chi connectivity index (χ4v) is 5.55. The molecule has 1 saturated heterocycles. The highest BCUT2D eigenvalue weighted by molar-refractivity contribution is 9.10. The molecular formula is C20H22BrNO3S. The van der Waals surface area contributed by atoms with Crippen molar-refractivity contribution in [3.05, 3.63) is 64.6 Å². The van der Waals surface area contributed by atoms with Gasteiger partial charge < -0.3 is 4.90 Å². The van der Waals surface area contributed by atoms with Crippen molar-refractivity contribution in [1.82, 2.24) is 4.90 Å². The number of carbonyl (C=O) groups excluding carboxylic acids is 1. The van der Waals surface area contributed by atoms with Gasteiger partial charge in [0.15, 0.2) is 9.84 Å². The molecule has 0 radical (unpaired) electrons. The number of hydrogen-bond acceptors (Lipinski definition) is 3. The summed E-state index contributed by atoms with van der Waals surface area (Å²) < 4.78 is 26.4. The van der Waals surface area contributed by atoms with Gasteiger partial charge in [-0.15, -0.1) is 0 Å². The molecule has 0 saturated carbocycles. The maximum Gasteiger partial charge on any atom is 0.222 e. The molecule has 4 nitrogen and oxygen atoms in total. The summed E-state index contributed by atoms with van der Waals surface area (Å²) in [6, 6.07) is 16.5. The lowest BCUT2D eigenvalue weighted by atomic mass is 10.1. The monoisotopic (exact) mass is 435 g/mol. The number of nitrogens with zero attached hydrogens (tertiary/aromatic N) is 1. The van der Waals surface area contributed by atoms with E-state index in [0.29, 0.717) is 43.7 Å². The Morgan fingerprint density at radius 2 is 1.62 bits per heavy atom. The minimum atomic E-state index is -3.32. The van der Waals surface area contributed by atoms with Gasteiger partial charge in [-0.25, -0.2) is 8.42 Å². The minimum absolute atomic E-state index is 0.0938. The Balaban J connectivity index is 1.55. The van der Waals surface area contributed by atoms with Crippen molar-refractivity contribution < 1.29 is 13.2 Å². The van der Waals surface area contributed by atoms with E-state index in [9.17, 15) is 13.2 Å². The van der Waals surface area contributed by atoms with E-state index in [1.165, 1.54) is 0 Å². The second kappa shape index (κ2) is 8.35. The van der Waals surface area contributed by atoms with Crippen molar-refractivity contribution in [1.29, 1.82) is 0 Å². The van der Waals surface area contributed by atoms with Crippen molar-refractivity contribution in [3.8, 4) is 0 Å². The maximum atomic E-state index is 12.7. The van der Waals surface area contributed by atoms with Crippen molar-refractivity contribution in [3.63, 3.8) is 0 Å². The molecule has 0 spiro atoms. The molecule has 2 aromatic rings. The summed E-state index contributed by atoms with van der Waals surface area (Å²) in [6.45, 7) is 1.01. The molecule has 1 amide bonds. The third-order valence-corrected chi connectivity index (χ3v) is 7.92. The van der Waals surface area contributed by atoms with E-state index in [1.807, 2.05) is 30.3 Å². The Morgan fingerprint density at radius 3 is 2.27 bits per heavy atom. The quantitative estimate of drug-likeness (QED) is 0.716. The van der Waals surface area contributed by atoms with E-state index in [2.05, 4.69) is 15.9 Å². The van der Waals surface area contributed by atoms with Crippen LogP contribution in [0.3, 0.4) is 0 Å². The van der Waals surface area contributed by atoms with E-state index in [-0.39, 0.29) is 5.91 Å². The fraction of sp³-hybridized carbons (Fsp3) is 0.350. The molecule has 0 bridgehead atoms. The summed E-state index contributed by atoms with van der Waals surface area (Å²) >= 11 is 3.50. The Bertz CT molecular complexity index is 860. The van der Waals surface area contributed by atoms with Crippen molar-refractivity contribution in [2.24, 2.45) is 0 Å². The number of rotatable bonds is 5. The molecule has 2 aromatic carbocycles. The van der Waals surface area contributed by atoms with Crippen LogP contribution in [0, 0.1) is 0 Å². The van der Waals surface area contributed by atoms with Crippen LogP contribution in [0.2, 0.25) is 0 Å². The van der Waals surface area contributed by atoms with Crippen LogP contribution in [0.4, 0.5) is 0 Å². The summed E-state index contributed by atoms with van der Waals surface area (Å²) in [5.74, 6) is 0.0938. The smallest absolute Gasteiger partial charge is 0.222 e. The maximum absolute atomic E-state index is 12.7. The first-order valence-corrected chi connectivity index (χ1v) is 11.1. The average molecular weight is 436 g/mol. The molecule has 3 rings (SSSR count). The van der Waals surface area contributed by atoms with Crippen LogP contribution in [-0.4, -0.2) is 37.6 Å². The Hall–Kier alpha value is -1.66. The highest BCUT2D eigenvalue weighted by atomic mass is 79.9. The standard InChI is InChI=1S/C20H22BrNO3S/c21-19-9-5-4-6-16(19)10-11-20(23)22-14-12-18(13-15-22)26(24,25)17-7-2-1-3-8-17/h1-9,18H,10-15H2. The number of carbonyl (C=O) groups is 1. The first-order valence-electron chi connectivity index (χ1n) is 8.78. The van der Waals surface area contributed by atoms with Crippen molar-refractivity contribution in [2.45, 2.75) is 35.8 Å². The lowest BCUT2D eigenvalue weighted by molar-refractivity contribution is -0.132. The number of amides is 1. The zero-order valence-electron chi connectivity index (χ0n) is 14.5. The second-order valence-corrected chi connectivity index (χ2v) is 9.61. The molecule has 0 N–H and O–H groups in total. The predicted molar refractivity (Wildman–Crippen MR) is 106 cm³/mol. The van der Waals surface area contributed by atoms with Crippen LogP contribution < -0.4 is 0 Å². The summed E-state index contributed by atoms with van der Waals surface area (Å²) in [7, 11) is -3.32. The predicted octanol–water partition coefficient (Wildman–Crippen LogP) is 3.85. The topological polar surface area (TPSA) is 54.5 Å². The van der Waals surface area contributed by atoms with Gasteiger partial charge in [0.2, 0.25) is 5.91 Å². The first kappa shape index (κ1) is 19.1. The zero-order chi connectivity index (χ0) is 18.6. The number of benzene rings is 2. The van der Waals surface area contributed by atoms with Gasteiger partial charge in [-0.2, -0.15) is 0 Å². The van der Waals surface area contributed by atoms with Crippen molar-refractivity contribution >= 4 is 31.7 Å². The summed E-state index contributed by atoms with van der Waals surface area (Å²) in [6.07, 6.45) is 2.12. The molecule has 1 aliphatic rings. The molecule has 1 aliphatic heterocycles. The highest BCUT2D eigenvalue weighted by Crippen LogP contribution is 2.25. The van der Waals surface area contributed by atoms with Gasteiger partial charge in [-0.3, -0.25) is 4.79 Å².